The van der Waals surface area contributed by atoms with Crippen LogP contribution >= 0.6 is 23.2 Å². The molecule has 0 saturated carbocycles. The third-order valence-corrected chi connectivity index (χ3v) is 6.24. The van der Waals surface area contributed by atoms with Crippen molar-refractivity contribution in [3.8, 4) is 0 Å². The maximum absolute atomic E-state index is 12.4. The van der Waals surface area contributed by atoms with E-state index in [4.69, 9.17) is 23.2 Å². The van der Waals surface area contributed by atoms with Gasteiger partial charge in [-0.05, 0) is 61.7 Å². The normalized spacial score (nSPS) is 15.7. The first-order valence-electron chi connectivity index (χ1n) is 10.6. The molecule has 4 N–H and O–H groups in total. The van der Waals surface area contributed by atoms with Crippen molar-refractivity contribution in [1.29, 1.82) is 0 Å². The average molecular weight is 479 g/mol. The molecule has 0 bridgehead atoms. The predicted octanol–water partition coefficient (Wildman–Crippen LogP) is 3.50. The number of nitrogens with zero attached hydrogens (tertiary/aromatic N) is 1. The Morgan fingerprint density at radius 1 is 1.06 bits per heavy atom. The number of likely N-dealkylation sites (tertiary alicyclic amines) is 1. The minimum atomic E-state index is -1.01. The van der Waals surface area contributed by atoms with Gasteiger partial charge in [-0.15, -0.1) is 0 Å². The van der Waals surface area contributed by atoms with Gasteiger partial charge in [0, 0.05) is 18.8 Å². The van der Waals surface area contributed by atoms with Crippen LogP contribution in [0.4, 0.5) is 10.5 Å². The van der Waals surface area contributed by atoms with Gasteiger partial charge in [0.2, 0.25) is 5.91 Å². The second-order valence-electron chi connectivity index (χ2n) is 7.91. The molecule has 1 aliphatic rings. The number of nitrogens with one attached hydrogen (secondary N) is 3. The summed E-state index contributed by atoms with van der Waals surface area (Å²) in [5.41, 5.74) is 1.73. The van der Waals surface area contributed by atoms with E-state index in [0.717, 1.165) is 38.0 Å². The summed E-state index contributed by atoms with van der Waals surface area (Å²) in [6, 6.07) is 13.0. The van der Waals surface area contributed by atoms with Crippen LogP contribution in [0.25, 0.3) is 0 Å². The number of anilines is 1. The summed E-state index contributed by atoms with van der Waals surface area (Å²) in [5, 5.41) is 18.6. The van der Waals surface area contributed by atoms with Crippen LogP contribution in [0.5, 0.6) is 0 Å². The number of carbonyl (C=O) groups excluding carboxylic acids is 2. The highest BCUT2D eigenvalue weighted by molar-refractivity contribution is 6.42. The number of carbonyl (C=O) groups is 2. The third-order valence-electron chi connectivity index (χ3n) is 5.50. The quantitative estimate of drug-likeness (QED) is 0.466. The van der Waals surface area contributed by atoms with Gasteiger partial charge in [-0.25, -0.2) is 4.79 Å². The van der Waals surface area contributed by atoms with Crippen molar-refractivity contribution < 1.29 is 14.7 Å². The number of amides is 3. The molecule has 2 aromatic carbocycles. The largest absolute Gasteiger partial charge is 0.394 e. The molecule has 0 aliphatic carbocycles. The second kappa shape index (κ2) is 12.1. The molecule has 0 spiro atoms. The summed E-state index contributed by atoms with van der Waals surface area (Å²) < 4.78 is 0. The molecule has 3 amide bonds. The molecule has 0 radical (unpaired) electrons. The molecule has 32 heavy (non-hydrogen) atoms. The van der Waals surface area contributed by atoms with E-state index in [0.29, 0.717) is 28.2 Å². The molecule has 3 rings (SSSR count). The highest BCUT2D eigenvalue weighted by Gasteiger charge is 2.23. The number of benzene rings is 2. The first-order chi connectivity index (χ1) is 15.4. The average Bonchev–Trinajstić information content (AvgIpc) is 2.80. The summed E-state index contributed by atoms with van der Waals surface area (Å²) in [4.78, 5) is 26.9. The van der Waals surface area contributed by atoms with E-state index in [9.17, 15) is 14.7 Å². The minimum Gasteiger partial charge on any atom is -0.394 e. The number of hydrogen-bond acceptors (Lipinski definition) is 4. The van der Waals surface area contributed by atoms with Crippen molar-refractivity contribution in [1.82, 2.24) is 15.5 Å². The van der Waals surface area contributed by atoms with Crippen LogP contribution in [0.3, 0.4) is 0 Å². The van der Waals surface area contributed by atoms with Crippen LogP contribution in [0, 0.1) is 5.92 Å². The Kier molecular flexibility index (Phi) is 9.17. The van der Waals surface area contributed by atoms with Gasteiger partial charge in [0.05, 0.1) is 16.7 Å². The van der Waals surface area contributed by atoms with Gasteiger partial charge >= 0.3 is 6.03 Å². The molecule has 1 heterocycles. The zero-order chi connectivity index (χ0) is 22.9. The van der Waals surface area contributed by atoms with Crippen LogP contribution in [0.1, 0.15) is 18.4 Å². The van der Waals surface area contributed by atoms with Gasteiger partial charge in [0.1, 0.15) is 6.04 Å². The van der Waals surface area contributed by atoms with Crippen molar-refractivity contribution in [2.24, 2.45) is 5.92 Å². The standard InChI is InChI=1S/C23H28Cl2N4O3/c24-19-7-6-17(12-20(19)25)14-29-10-8-16(9-11-29)13-26-22(31)21(15-30)28-23(32)27-18-4-2-1-3-5-18/h1-7,12,16,21,30H,8-11,13-15H2,(H,26,31)(H2,27,28,32)/t21-/m0/s1. The van der Waals surface area contributed by atoms with Crippen LogP contribution in [0.2, 0.25) is 10.0 Å². The molecule has 0 aromatic heterocycles. The molecule has 1 atom stereocenters. The lowest BCUT2D eigenvalue weighted by atomic mass is 9.96. The maximum Gasteiger partial charge on any atom is 0.319 e. The van der Waals surface area contributed by atoms with Crippen LogP contribution < -0.4 is 16.0 Å². The summed E-state index contributed by atoms with van der Waals surface area (Å²) in [6.45, 7) is 2.68. The molecule has 0 unspecified atom stereocenters. The smallest absolute Gasteiger partial charge is 0.319 e. The molecule has 172 valence electrons. The molecule has 9 heteroatoms. The third kappa shape index (κ3) is 7.38. The van der Waals surface area contributed by atoms with Gasteiger partial charge in [0.15, 0.2) is 0 Å². The monoisotopic (exact) mass is 478 g/mol. The molecule has 1 aliphatic heterocycles. The highest BCUT2D eigenvalue weighted by atomic mass is 35.5. The number of rotatable bonds is 8. The Morgan fingerprint density at radius 3 is 2.44 bits per heavy atom. The van der Waals surface area contributed by atoms with Gasteiger partial charge in [0.25, 0.3) is 0 Å². The Bertz CT molecular complexity index is 905. The van der Waals surface area contributed by atoms with E-state index in [1.54, 1.807) is 24.3 Å². The fourth-order valence-electron chi connectivity index (χ4n) is 3.65. The van der Waals surface area contributed by atoms with E-state index in [1.807, 2.05) is 24.3 Å². The van der Waals surface area contributed by atoms with E-state index in [2.05, 4.69) is 20.9 Å². The Labute approximate surface area is 198 Å². The zero-order valence-electron chi connectivity index (χ0n) is 17.7. The van der Waals surface area contributed by atoms with Crippen molar-refractivity contribution in [2.75, 3.05) is 31.6 Å². The Hall–Kier alpha value is -2.32. The lowest BCUT2D eigenvalue weighted by Gasteiger charge is -2.32. The summed E-state index contributed by atoms with van der Waals surface area (Å²) >= 11 is 12.1. The lowest BCUT2D eigenvalue weighted by Crippen LogP contribution is -2.51. The zero-order valence-corrected chi connectivity index (χ0v) is 19.2. The summed E-state index contributed by atoms with van der Waals surface area (Å²) in [5.74, 6) is -0.0459. The topological polar surface area (TPSA) is 93.7 Å². The predicted molar refractivity (Wildman–Crippen MR) is 127 cm³/mol. The number of halogens is 2. The first kappa shape index (κ1) is 24.3. The van der Waals surface area contributed by atoms with Gasteiger partial charge in [-0.1, -0.05) is 47.5 Å². The first-order valence-corrected chi connectivity index (χ1v) is 11.4. The van der Waals surface area contributed by atoms with E-state index >= 15 is 0 Å². The molecule has 1 saturated heterocycles. The number of aliphatic hydroxyl groups excluding tert-OH is 1. The van der Waals surface area contributed by atoms with Crippen molar-refractivity contribution >= 4 is 40.8 Å². The Morgan fingerprint density at radius 2 is 1.78 bits per heavy atom. The molecule has 2 aromatic rings. The van der Waals surface area contributed by atoms with Crippen LogP contribution in [-0.4, -0.2) is 54.2 Å². The number of hydrogen-bond donors (Lipinski definition) is 4. The van der Waals surface area contributed by atoms with Crippen LogP contribution in [-0.2, 0) is 11.3 Å². The molecule has 7 nitrogen and oxygen atoms in total. The van der Waals surface area contributed by atoms with E-state index in [1.165, 1.54) is 0 Å². The van der Waals surface area contributed by atoms with E-state index in [-0.39, 0.29) is 0 Å². The molecule has 1 fully saturated rings. The number of aliphatic hydroxyl groups is 1. The van der Waals surface area contributed by atoms with Crippen molar-refractivity contribution in [2.45, 2.75) is 25.4 Å². The van der Waals surface area contributed by atoms with Gasteiger partial charge < -0.3 is 21.1 Å². The molecular formula is C23H28Cl2N4O3. The SMILES string of the molecule is O=C(Nc1ccccc1)N[C@@H](CO)C(=O)NCC1CCN(Cc2ccc(Cl)c(Cl)c2)CC1. The minimum absolute atomic E-state index is 0.349. The summed E-state index contributed by atoms with van der Waals surface area (Å²) in [6.07, 6.45) is 1.90. The van der Waals surface area contributed by atoms with E-state index < -0.39 is 24.6 Å². The fourth-order valence-corrected chi connectivity index (χ4v) is 3.97. The van der Waals surface area contributed by atoms with Gasteiger partial charge in [-0.2, -0.15) is 0 Å². The maximum atomic E-state index is 12.4. The number of para-hydroxylation sites is 1. The summed E-state index contributed by atoms with van der Waals surface area (Å²) in [7, 11) is 0. The van der Waals surface area contributed by atoms with Crippen LogP contribution in [0.15, 0.2) is 48.5 Å². The number of urea groups is 1. The fraction of sp³-hybridized carbons (Fsp3) is 0.391. The Balaban J connectivity index is 1.38. The highest BCUT2D eigenvalue weighted by Crippen LogP contribution is 2.24. The number of piperidine rings is 1. The van der Waals surface area contributed by atoms with Crippen molar-refractivity contribution in [3.63, 3.8) is 0 Å². The molecular weight excluding hydrogens is 451 g/mol. The second-order valence-corrected chi connectivity index (χ2v) is 8.73. The van der Waals surface area contributed by atoms with Gasteiger partial charge in [-0.3, -0.25) is 9.69 Å². The lowest BCUT2D eigenvalue weighted by molar-refractivity contribution is -0.124. The van der Waals surface area contributed by atoms with Crippen molar-refractivity contribution in [3.05, 3.63) is 64.1 Å².